The van der Waals surface area contributed by atoms with Gasteiger partial charge in [0.05, 0.1) is 11.6 Å². The Morgan fingerprint density at radius 3 is 2.02 bits per heavy atom. The highest BCUT2D eigenvalue weighted by Crippen LogP contribution is 2.58. The summed E-state index contributed by atoms with van der Waals surface area (Å²) in [7, 11) is 0. The van der Waals surface area contributed by atoms with Gasteiger partial charge in [-0.2, -0.15) is 5.26 Å². The first-order chi connectivity index (χ1) is 25.2. The molecule has 1 fully saturated rings. The Morgan fingerprint density at radius 2 is 1.20 bits per heavy atom. The largest absolute Gasteiger partial charge is 0.456 e. The molecule has 5 heteroatoms. The minimum Gasteiger partial charge on any atom is -0.456 e. The van der Waals surface area contributed by atoms with E-state index in [1.165, 1.54) is 47.1 Å². The molecule has 0 atom stereocenters. The van der Waals surface area contributed by atoms with Gasteiger partial charge in [0, 0.05) is 32.9 Å². The Kier molecular flexibility index (Phi) is 6.72. The van der Waals surface area contributed by atoms with Crippen molar-refractivity contribution in [3.05, 3.63) is 150 Å². The van der Waals surface area contributed by atoms with Crippen molar-refractivity contribution in [3.63, 3.8) is 0 Å². The highest BCUT2D eigenvalue weighted by molar-refractivity contribution is 6.05. The monoisotopic (exact) mass is 656 g/mol. The predicted octanol–water partition coefficient (Wildman–Crippen LogP) is 11.5. The van der Waals surface area contributed by atoms with Crippen molar-refractivity contribution < 1.29 is 4.42 Å². The number of benzene rings is 6. The molecule has 2 aliphatic rings. The quantitative estimate of drug-likeness (QED) is 0.188. The molecule has 1 spiro atoms. The summed E-state index contributed by atoms with van der Waals surface area (Å²) in [5.41, 5.74) is 12.6. The summed E-state index contributed by atoms with van der Waals surface area (Å²) in [5, 5.41) is 12.0. The van der Waals surface area contributed by atoms with Gasteiger partial charge in [-0.25, -0.2) is 15.0 Å². The minimum atomic E-state index is -0.0436. The van der Waals surface area contributed by atoms with E-state index in [4.69, 9.17) is 19.4 Å². The lowest BCUT2D eigenvalue weighted by atomic mass is 9.67. The Labute approximate surface area is 295 Å². The lowest BCUT2D eigenvalue weighted by Gasteiger charge is -2.36. The van der Waals surface area contributed by atoms with Crippen LogP contribution in [0.5, 0.6) is 0 Å². The summed E-state index contributed by atoms with van der Waals surface area (Å²) in [6, 6.07) is 48.4. The predicted molar refractivity (Wildman–Crippen MR) is 203 cm³/mol. The van der Waals surface area contributed by atoms with Crippen LogP contribution in [0.1, 0.15) is 48.8 Å². The first-order valence-electron chi connectivity index (χ1n) is 17.7. The second-order valence-corrected chi connectivity index (χ2v) is 13.8. The summed E-state index contributed by atoms with van der Waals surface area (Å²) in [4.78, 5) is 15.1. The molecule has 0 saturated heterocycles. The van der Waals surface area contributed by atoms with Crippen molar-refractivity contribution in [3.8, 4) is 62.5 Å². The van der Waals surface area contributed by atoms with Crippen molar-refractivity contribution in [2.45, 2.75) is 37.5 Å². The van der Waals surface area contributed by atoms with Gasteiger partial charge in [0.25, 0.3) is 0 Å². The zero-order valence-corrected chi connectivity index (χ0v) is 27.9. The van der Waals surface area contributed by atoms with Gasteiger partial charge in [0.1, 0.15) is 11.2 Å². The first-order valence-corrected chi connectivity index (χ1v) is 17.7. The first kappa shape index (κ1) is 29.5. The molecule has 8 aromatic rings. The van der Waals surface area contributed by atoms with Gasteiger partial charge < -0.3 is 4.42 Å². The lowest BCUT2D eigenvalue weighted by Crippen LogP contribution is -2.28. The van der Waals surface area contributed by atoms with Crippen LogP contribution in [0.3, 0.4) is 0 Å². The second kappa shape index (κ2) is 11.6. The van der Waals surface area contributed by atoms with Gasteiger partial charge in [-0.1, -0.05) is 116 Å². The van der Waals surface area contributed by atoms with Crippen molar-refractivity contribution in [2.75, 3.05) is 0 Å². The van der Waals surface area contributed by atoms with Gasteiger partial charge in [0.15, 0.2) is 17.5 Å². The standard InChI is InChI=1S/C46H32N4O/c47-28-29-19-21-37-39(25-29)46(23-7-2-8-24-46)38-17-10-16-34(42(37)38)31-13-9-14-32(26-31)44-48-43(30-11-3-1-4-12-30)49-45(50-44)33-20-22-36-35-15-5-6-18-40(35)51-41(36)27-33/h1,3-6,9-22,25-27H,2,7-8,23-24H2. The number of hydrogen-bond donors (Lipinski definition) is 0. The summed E-state index contributed by atoms with van der Waals surface area (Å²) in [6.45, 7) is 0. The van der Waals surface area contributed by atoms with E-state index in [-0.39, 0.29) is 5.41 Å². The van der Waals surface area contributed by atoms with Crippen LogP contribution < -0.4 is 0 Å². The summed E-state index contributed by atoms with van der Waals surface area (Å²) in [5.74, 6) is 1.82. The van der Waals surface area contributed by atoms with Crippen molar-refractivity contribution in [1.29, 1.82) is 5.26 Å². The van der Waals surface area contributed by atoms with E-state index in [9.17, 15) is 5.26 Å². The molecule has 242 valence electrons. The number of aromatic nitrogens is 3. The van der Waals surface area contributed by atoms with E-state index in [2.05, 4.69) is 78.9 Å². The molecule has 2 heterocycles. The molecule has 2 aliphatic carbocycles. The third-order valence-corrected chi connectivity index (χ3v) is 11.0. The van der Waals surface area contributed by atoms with Gasteiger partial charge in [-0.15, -0.1) is 0 Å². The molecule has 0 N–H and O–H groups in total. The van der Waals surface area contributed by atoms with Gasteiger partial charge in [-0.3, -0.25) is 0 Å². The molecule has 51 heavy (non-hydrogen) atoms. The van der Waals surface area contributed by atoms with Crippen LogP contribution in [0.25, 0.3) is 78.4 Å². The molecule has 1 saturated carbocycles. The van der Waals surface area contributed by atoms with E-state index in [1.54, 1.807) is 0 Å². The van der Waals surface area contributed by atoms with Crippen LogP contribution in [0, 0.1) is 11.3 Å². The van der Waals surface area contributed by atoms with E-state index >= 15 is 0 Å². The number of furan rings is 1. The van der Waals surface area contributed by atoms with Crippen LogP contribution in [-0.2, 0) is 5.41 Å². The molecule has 6 aromatic carbocycles. The van der Waals surface area contributed by atoms with Gasteiger partial charge >= 0.3 is 0 Å². The third kappa shape index (κ3) is 4.71. The smallest absolute Gasteiger partial charge is 0.164 e. The van der Waals surface area contributed by atoms with Gasteiger partial charge in [-0.05, 0) is 82.6 Å². The Balaban J connectivity index is 1.13. The molecule has 0 bridgehead atoms. The van der Waals surface area contributed by atoms with Crippen LogP contribution in [-0.4, -0.2) is 15.0 Å². The molecule has 10 rings (SSSR count). The fourth-order valence-corrected chi connectivity index (χ4v) is 8.59. The van der Waals surface area contributed by atoms with Crippen LogP contribution in [0.4, 0.5) is 0 Å². The topological polar surface area (TPSA) is 75.6 Å². The maximum absolute atomic E-state index is 9.83. The molecular formula is C46H32N4O. The van der Waals surface area contributed by atoms with E-state index < -0.39 is 0 Å². The van der Waals surface area contributed by atoms with Crippen molar-refractivity contribution in [1.82, 2.24) is 15.0 Å². The number of nitrogens with zero attached hydrogens (tertiary/aromatic N) is 4. The summed E-state index contributed by atoms with van der Waals surface area (Å²) < 4.78 is 6.24. The SMILES string of the molecule is N#Cc1ccc2c(c1)C1(CCCCC1)c1cccc(-c3cccc(-c4nc(-c5ccccc5)nc(-c5ccc6c(c5)oc5ccccc56)n4)c3)c1-2. The fraction of sp³-hybridized carbons (Fsp3) is 0.130. The molecule has 5 nitrogen and oxygen atoms in total. The highest BCUT2D eigenvalue weighted by Gasteiger charge is 2.44. The highest BCUT2D eigenvalue weighted by atomic mass is 16.3. The maximum atomic E-state index is 9.83. The third-order valence-electron chi connectivity index (χ3n) is 11.0. The average molecular weight is 657 g/mol. The van der Waals surface area contributed by atoms with Gasteiger partial charge in [0.2, 0.25) is 0 Å². The van der Waals surface area contributed by atoms with E-state index in [0.29, 0.717) is 17.5 Å². The summed E-state index contributed by atoms with van der Waals surface area (Å²) in [6.07, 6.45) is 5.88. The molecule has 2 aromatic heterocycles. The second-order valence-electron chi connectivity index (χ2n) is 13.8. The molecule has 0 radical (unpaired) electrons. The number of rotatable bonds is 4. The number of para-hydroxylation sites is 1. The molecular weight excluding hydrogens is 625 g/mol. The minimum absolute atomic E-state index is 0.0436. The maximum Gasteiger partial charge on any atom is 0.164 e. The molecule has 0 unspecified atom stereocenters. The van der Waals surface area contributed by atoms with Crippen molar-refractivity contribution in [2.24, 2.45) is 0 Å². The Morgan fingerprint density at radius 1 is 0.510 bits per heavy atom. The zero-order valence-electron chi connectivity index (χ0n) is 27.9. The Bertz CT molecular complexity index is 2700. The van der Waals surface area contributed by atoms with Crippen LogP contribution in [0.2, 0.25) is 0 Å². The lowest BCUT2D eigenvalue weighted by molar-refractivity contribution is 0.353. The van der Waals surface area contributed by atoms with E-state index in [1.807, 2.05) is 60.7 Å². The van der Waals surface area contributed by atoms with E-state index in [0.717, 1.165) is 62.6 Å². The fourth-order valence-electron chi connectivity index (χ4n) is 8.59. The molecule has 0 amide bonds. The van der Waals surface area contributed by atoms with Crippen LogP contribution >= 0.6 is 0 Å². The number of fused-ring (bicyclic) bond motifs is 8. The summed E-state index contributed by atoms with van der Waals surface area (Å²) >= 11 is 0. The normalized spacial score (nSPS) is 14.4. The number of nitriles is 1. The molecule has 0 aliphatic heterocycles. The zero-order chi connectivity index (χ0) is 33.9. The number of hydrogen-bond acceptors (Lipinski definition) is 5. The van der Waals surface area contributed by atoms with Crippen molar-refractivity contribution >= 4 is 21.9 Å². The average Bonchev–Trinajstić information content (AvgIpc) is 3.70. The van der Waals surface area contributed by atoms with Crippen LogP contribution in [0.15, 0.2) is 138 Å². The Hall–Kier alpha value is -6.38.